The third kappa shape index (κ3) is 4.25. The van der Waals surface area contributed by atoms with Crippen LogP contribution in [0.5, 0.6) is 5.75 Å². The second kappa shape index (κ2) is 7.00. The molecule has 0 aliphatic rings. The summed E-state index contributed by atoms with van der Waals surface area (Å²) >= 11 is 4.80. The average molecular weight is 370 g/mol. The number of anilines is 1. The van der Waals surface area contributed by atoms with Crippen molar-refractivity contribution in [2.75, 3.05) is 5.32 Å². The van der Waals surface area contributed by atoms with Crippen LogP contribution in [0.15, 0.2) is 22.7 Å². The molecule has 112 valence electrons. The molecule has 0 saturated heterocycles. The van der Waals surface area contributed by atoms with Crippen molar-refractivity contribution in [3.8, 4) is 5.75 Å². The highest BCUT2D eigenvalue weighted by atomic mass is 79.9. The Morgan fingerprint density at radius 3 is 2.86 bits per heavy atom. The molecule has 21 heavy (non-hydrogen) atoms. The molecule has 1 heterocycles. The Balaban J connectivity index is 1.98. The summed E-state index contributed by atoms with van der Waals surface area (Å²) in [5.74, 6) is 0.385. The first-order valence-electron chi connectivity index (χ1n) is 6.55. The molecule has 1 aromatic carbocycles. The lowest BCUT2D eigenvalue weighted by Crippen LogP contribution is -2.30. The summed E-state index contributed by atoms with van der Waals surface area (Å²) in [6.45, 7) is 5.68. The number of nitrogens with one attached hydrogen (secondary N) is 1. The zero-order chi connectivity index (χ0) is 15.4. The van der Waals surface area contributed by atoms with Crippen molar-refractivity contribution in [2.45, 2.75) is 33.3 Å². The van der Waals surface area contributed by atoms with Crippen molar-refractivity contribution in [1.82, 2.24) is 10.2 Å². The van der Waals surface area contributed by atoms with E-state index in [4.69, 9.17) is 4.74 Å². The Morgan fingerprint density at radius 2 is 2.24 bits per heavy atom. The van der Waals surface area contributed by atoms with Crippen LogP contribution in [0.2, 0.25) is 0 Å². The van der Waals surface area contributed by atoms with Gasteiger partial charge in [0.2, 0.25) is 5.13 Å². The molecule has 0 saturated carbocycles. The fraction of sp³-hybridized carbons (Fsp3) is 0.357. The number of hydrogen-bond donors (Lipinski definition) is 1. The van der Waals surface area contributed by atoms with Gasteiger partial charge in [-0.25, -0.2) is 0 Å². The van der Waals surface area contributed by atoms with Crippen molar-refractivity contribution in [1.29, 1.82) is 0 Å². The molecule has 0 bridgehead atoms. The maximum Gasteiger partial charge on any atom is 0.266 e. The SMILES string of the molecule is CCc1nnc(NC(=O)[C@@H](C)Oc2ccc(C)cc2Br)s1. The maximum absolute atomic E-state index is 12.1. The van der Waals surface area contributed by atoms with E-state index in [1.54, 1.807) is 6.92 Å². The molecule has 0 spiro atoms. The van der Waals surface area contributed by atoms with E-state index in [2.05, 4.69) is 31.4 Å². The highest BCUT2D eigenvalue weighted by Gasteiger charge is 2.17. The number of benzene rings is 1. The second-order valence-electron chi connectivity index (χ2n) is 4.54. The predicted molar refractivity (Wildman–Crippen MR) is 86.9 cm³/mol. The Kier molecular flexibility index (Phi) is 5.30. The number of rotatable bonds is 5. The summed E-state index contributed by atoms with van der Waals surface area (Å²) in [6.07, 6.45) is 0.175. The Morgan fingerprint density at radius 1 is 1.48 bits per heavy atom. The van der Waals surface area contributed by atoms with Gasteiger partial charge in [-0.3, -0.25) is 10.1 Å². The summed E-state index contributed by atoms with van der Waals surface area (Å²) in [5.41, 5.74) is 1.12. The van der Waals surface area contributed by atoms with Crippen LogP contribution in [-0.2, 0) is 11.2 Å². The summed E-state index contributed by atoms with van der Waals surface area (Å²) in [7, 11) is 0. The molecule has 2 rings (SSSR count). The minimum atomic E-state index is -0.627. The number of nitrogens with zero attached hydrogens (tertiary/aromatic N) is 2. The first kappa shape index (κ1) is 15.9. The monoisotopic (exact) mass is 369 g/mol. The lowest BCUT2D eigenvalue weighted by atomic mass is 10.2. The fourth-order valence-electron chi connectivity index (χ4n) is 1.60. The summed E-state index contributed by atoms with van der Waals surface area (Å²) in [6, 6.07) is 5.71. The van der Waals surface area contributed by atoms with E-state index in [1.807, 2.05) is 32.0 Å². The Bertz CT molecular complexity index is 645. The van der Waals surface area contributed by atoms with Gasteiger partial charge in [0.25, 0.3) is 5.91 Å². The molecule has 5 nitrogen and oxygen atoms in total. The van der Waals surface area contributed by atoms with Crippen LogP contribution in [0, 0.1) is 6.92 Å². The molecular weight excluding hydrogens is 354 g/mol. The van der Waals surface area contributed by atoms with Crippen LogP contribution in [-0.4, -0.2) is 22.2 Å². The first-order chi connectivity index (χ1) is 9.99. The Hall–Kier alpha value is -1.47. The quantitative estimate of drug-likeness (QED) is 0.874. The van der Waals surface area contributed by atoms with Crippen molar-refractivity contribution in [2.24, 2.45) is 0 Å². The van der Waals surface area contributed by atoms with Gasteiger partial charge in [0, 0.05) is 0 Å². The number of carbonyl (C=O) groups excluding carboxylic acids is 1. The van der Waals surface area contributed by atoms with E-state index in [0.29, 0.717) is 10.9 Å². The lowest BCUT2D eigenvalue weighted by molar-refractivity contribution is -0.122. The molecule has 1 aromatic heterocycles. The smallest absolute Gasteiger partial charge is 0.266 e. The summed E-state index contributed by atoms with van der Waals surface area (Å²) in [4.78, 5) is 12.1. The van der Waals surface area contributed by atoms with Crippen molar-refractivity contribution in [3.05, 3.63) is 33.2 Å². The van der Waals surface area contributed by atoms with Crippen LogP contribution in [0.25, 0.3) is 0 Å². The van der Waals surface area contributed by atoms with Gasteiger partial charge in [0.1, 0.15) is 10.8 Å². The molecule has 0 fully saturated rings. The first-order valence-corrected chi connectivity index (χ1v) is 8.16. The molecule has 1 N–H and O–H groups in total. The van der Waals surface area contributed by atoms with Crippen LogP contribution in [0.1, 0.15) is 24.4 Å². The van der Waals surface area contributed by atoms with Gasteiger partial charge in [-0.1, -0.05) is 24.3 Å². The standard InChI is InChI=1S/C14H16BrN3O2S/c1-4-12-17-18-14(21-12)16-13(19)9(3)20-11-6-5-8(2)7-10(11)15/h5-7,9H,4H2,1-3H3,(H,16,18,19)/t9-/m1/s1. The van der Waals surface area contributed by atoms with Gasteiger partial charge in [-0.2, -0.15) is 0 Å². The molecule has 7 heteroatoms. The number of ether oxygens (including phenoxy) is 1. The third-order valence-corrected chi connectivity index (χ3v) is 4.36. The zero-order valence-corrected chi connectivity index (χ0v) is 14.4. The third-order valence-electron chi connectivity index (χ3n) is 2.76. The van der Waals surface area contributed by atoms with E-state index in [-0.39, 0.29) is 5.91 Å². The number of aryl methyl sites for hydroxylation is 2. The lowest BCUT2D eigenvalue weighted by Gasteiger charge is -2.15. The van der Waals surface area contributed by atoms with Gasteiger partial charge in [-0.15, -0.1) is 10.2 Å². The van der Waals surface area contributed by atoms with Gasteiger partial charge >= 0.3 is 0 Å². The van der Waals surface area contributed by atoms with Crippen LogP contribution in [0.4, 0.5) is 5.13 Å². The van der Waals surface area contributed by atoms with Crippen LogP contribution >= 0.6 is 27.3 Å². The van der Waals surface area contributed by atoms with E-state index in [9.17, 15) is 4.79 Å². The molecule has 2 aromatic rings. The van der Waals surface area contributed by atoms with E-state index >= 15 is 0 Å². The maximum atomic E-state index is 12.1. The van der Waals surface area contributed by atoms with Gasteiger partial charge in [-0.05, 0) is 53.9 Å². The molecule has 0 unspecified atom stereocenters. The zero-order valence-electron chi connectivity index (χ0n) is 12.0. The number of halogens is 1. The van der Waals surface area contributed by atoms with Gasteiger partial charge in [0.15, 0.2) is 6.10 Å². The van der Waals surface area contributed by atoms with Gasteiger partial charge in [0.05, 0.1) is 4.47 Å². The second-order valence-corrected chi connectivity index (χ2v) is 6.45. The number of amides is 1. The average Bonchev–Trinajstić information content (AvgIpc) is 2.89. The summed E-state index contributed by atoms with van der Waals surface area (Å²) in [5, 5.41) is 12.0. The Labute approximate surface area is 135 Å². The highest BCUT2D eigenvalue weighted by molar-refractivity contribution is 9.10. The molecule has 0 aliphatic carbocycles. The largest absolute Gasteiger partial charge is 0.480 e. The topological polar surface area (TPSA) is 64.1 Å². The highest BCUT2D eigenvalue weighted by Crippen LogP contribution is 2.27. The number of aromatic nitrogens is 2. The number of hydrogen-bond acceptors (Lipinski definition) is 5. The molecule has 1 atom stereocenters. The molecule has 0 aliphatic heterocycles. The van der Waals surface area contributed by atoms with E-state index in [1.165, 1.54) is 11.3 Å². The van der Waals surface area contributed by atoms with Crippen LogP contribution in [0.3, 0.4) is 0 Å². The molecule has 0 radical (unpaired) electrons. The van der Waals surface area contributed by atoms with Crippen LogP contribution < -0.4 is 10.1 Å². The fourth-order valence-corrected chi connectivity index (χ4v) is 2.87. The van der Waals surface area contributed by atoms with E-state index in [0.717, 1.165) is 21.5 Å². The minimum absolute atomic E-state index is 0.249. The number of carbonyl (C=O) groups is 1. The normalized spacial score (nSPS) is 12.0. The van der Waals surface area contributed by atoms with Gasteiger partial charge < -0.3 is 4.74 Å². The molecular formula is C14H16BrN3O2S. The van der Waals surface area contributed by atoms with Crippen molar-refractivity contribution in [3.63, 3.8) is 0 Å². The van der Waals surface area contributed by atoms with Crippen molar-refractivity contribution < 1.29 is 9.53 Å². The molecule has 1 amide bonds. The summed E-state index contributed by atoms with van der Waals surface area (Å²) < 4.78 is 6.49. The predicted octanol–water partition coefficient (Wildman–Crippen LogP) is 3.58. The van der Waals surface area contributed by atoms with Crippen molar-refractivity contribution >= 4 is 38.3 Å². The van der Waals surface area contributed by atoms with E-state index < -0.39 is 6.10 Å². The minimum Gasteiger partial charge on any atom is -0.480 e.